The monoisotopic (exact) mass is 330 g/mol. The van der Waals surface area contributed by atoms with Gasteiger partial charge in [-0.05, 0) is 34.7 Å². The van der Waals surface area contributed by atoms with Crippen LogP contribution in [0.25, 0.3) is 0 Å². The summed E-state index contributed by atoms with van der Waals surface area (Å²) in [6.07, 6.45) is 0. The van der Waals surface area contributed by atoms with E-state index in [4.69, 9.17) is 16.7 Å². The molecular weight excluding hydrogens is 320 g/mol. The summed E-state index contributed by atoms with van der Waals surface area (Å²) < 4.78 is 24.2. The molecule has 0 bridgehead atoms. The Hall–Kier alpha value is -1.37. The number of carbonyl (C=O) groups is 1. The molecule has 106 valence electrons. The smallest absolute Gasteiger partial charge is 0.346 e. The maximum absolute atomic E-state index is 12.1. The number of sulfone groups is 1. The molecule has 0 saturated heterocycles. The average Bonchev–Trinajstić information content (AvgIpc) is 2.79. The predicted octanol–water partition coefficient (Wildman–Crippen LogP) is 3.21. The zero-order chi connectivity index (χ0) is 14.8. The van der Waals surface area contributed by atoms with Gasteiger partial charge in [0, 0.05) is 5.02 Å². The molecular formula is C13H11ClO4S2. The predicted molar refractivity (Wildman–Crippen MR) is 79.1 cm³/mol. The van der Waals surface area contributed by atoms with Gasteiger partial charge in [-0.15, -0.1) is 11.3 Å². The lowest BCUT2D eigenvalue weighted by atomic mass is 10.2. The van der Waals surface area contributed by atoms with Gasteiger partial charge in [-0.25, -0.2) is 13.2 Å². The van der Waals surface area contributed by atoms with E-state index in [-0.39, 0.29) is 16.4 Å². The highest BCUT2D eigenvalue weighted by Gasteiger charge is 2.19. The molecule has 0 spiro atoms. The molecule has 1 aromatic heterocycles. The van der Waals surface area contributed by atoms with Crippen molar-refractivity contribution in [2.45, 2.75) is 11.5 Å². The summed E-state index contributed by atoms with van der Waals surface area (Å²) >= 11 is 6.77. The summed E-state index contributed by atoms with van der Waals surface area (Å²) in [7, 11) is -3.43. The van der Waals surface area contributed by atoms with Crippen LogP contribution in [0, 0.1) is 0 Å². The van der Waals surface area contributed by atoms with Gasteiger partial charge in [-0.2, -0.15) is 0 Å². The second-order valence-electron chi connectivity index (χ2n) is 4.24. The fourth-order valence-corrected chi connectivity index (χ4v) is 4.25. The van der Waals surface area contributed by atoms with E-state index < -0.39 is 15.8 Å². The van der Waals surface area contributed by atoms with Gasteiger partial charge in [0.2, 0.25) is 0 Å². The number of thiophene rings is 1. The highest BCUT2D eigenvalue weighted by atomic mass is 35.5. The maximum Gasteiger partial charge on any atom is 0.346 e. The summed E-state index contributed by atoms with van der Waals surface area (Å²) in [5, 5.41) is 11.1. The third kappa shape index (κ3) is 3.82. The van der Waals surface area contributed by atoms with E-state index in [1.807, 2.05) is 0 Å². The molecule has 0 atom stereocenters. The second-order valence-corrected chi connectivity index (χ2v) is 7.66. The van der Waals surface area contributed by atoms with Gasteiger partial charge in [-0.3, -0.25) is 0 Å². The molecule has 0 saturated carbocycles. The van der Waals surface area contributed by atoms with Crippen molar-refractivity contribution in [1.82, 2.24) is 0 Å². The van der Waals surface area contributed by atoms with Crippen LogP contribution < -0.4 is 0 Å². The summed E-state index contributed by atoms with van der Waals surface area (Å²) in [6.45, 7) is 0. The highest BCUT2D eigenvalue weighted by molar-refractivity contribution is 7.89. The molecule has 1 heterocycles. The van der Waals surface area contributed by atoms with Crippen LogP contribution in [0.1, 0.15) is 20.8 Å². The number of carboxylic acids is 1. The number of carboxylic acid groups (broad SMARTS) is 1. The molecule has 0 fully saturated rings. The van der Waals surface area contributed by atoms with E-state index in [1.54, 1.807) is 29.6 Å². The first-order chi connectivity index (χ1) is 9.37. The Morgan fingerprint density at radius 3 is 2.40 bits per heavy atom. The minimum absolute atomic E-state index is 0.0738. The minimum atomic E-state index is -3.43. The molecule has 0 aliphatic rings. The van der Waals surface area contributed by atoms with Crippen molar-refractivity contribution in [3.63, 3.8) is 0 Å². The van der Waals surface area contributed by atoms with Crippen molar-refractivity contribution in [2.24, 2.45) is 0 Å². The van der Waals surface area contributed by atoms with Gasteiger partial charge in [0.1, 0.15) is 4.88 Å². The molecule has 0 radical (unpaired) electrons. The van der Waals surface area contributed by atoms with Crippen LogP contribution in [0.5, 0.6) is 0 Å². The minimum Gasteiger partial charge on any atom is -0.477 e. The largest absolute Gasteiger partial charge is 0.477 e. The van der Waals surface area contributed by atoms with Crippen molar-refractivity contribution < 1.29 is 18.3 Å². The average molecular weight is 331 g/mol. The molecule has 2 aromatic rings. The van der Waals surface area contributed by atoms with Crippen molar-refractivity contribution in [2.75, 3.05) is 0 Å². The number of hydrogen-bond acceptors (Lipinski definition) is 4. The standard InChI is InChI=1S/C13H11ClO4S2/c14-11-3-1-9(2-4-11)7-20(17,18)8-10-5-6-19-12(10)13(15)16/h1-6H,7-8H2,(H,15,16). The van der Waals surface area contributed by atoms with Crippen molar-refractivity contribution >= 4 is 38.7 Å². The molecule has 0 amide bonds. The van der Waals surface area contributed by atoms with Gasteiger partial charge in [0.15, 0.2) is 9.84 Å². The van der Waals surface area contributed by atoms with Gasteiger partial charge in [0.25, 0.3) is 0 Å². The first-order valence-corrected chi connectivity index (χ1v) is 8.70. The summed E-state index contributed by atoms with van der Waals surface area (Å²) in [5.74, 6) is -1.52. The number of hydrogen-bond donors (Lipinski definition) is 1. The van der Waals surface area contributed by atoms with E-state index >= 15 is 0 Å². The van der Waals surface area contributed by atoms with Crippen LogP contribution in [0.15, 0.2) is 35.7 Å². The second kappa shape index (κ2) is 5.95. The Morgan fingerprint density at radius 1 is 1.15 bits per heavy atom. The molecule has 20 heavy (non-hydrogen) atoms. The quantitative estimate of drug-likeness (QED) is 0.913. The van der Waals surface area contributed by atoms with Gasteiger partial charge in [-0.1, -0.05) is 23.7 Å². The zero-order valence-electron chi connectivity index (χ0n) is 10.2. The fraction of sp³-hybridized carbons (Fsp3) is 0.154. The lowest BCUT2D eigenvalue weighted by Crippen LogP contribution is -2.09. The van der Waals surface area contributed by atoms with Crippen LogP contribution >= 0.6 is 22.9 Å². The Balaban J connectivity index is 2.17. The van der Waals surface area contributed by atoms with Crippen LogP contribution in [-0.4, -0.2) is 19.5 Å². The van der Waals surface area contributed by atoms with Crippen molar-refractivity contribution in [3.05, 3.63) is 56.7 Å². The van der Waals surface area contributed by atoms with E-state index in [2.05, 4.69) is 0 Å². The first kappa shape index (κ1) is 15.0. The number of halogens is 1. The Kier molecular flexibility index (Phi) is 4.47. The van der Waals surface area contributed by atoms with Crippen LogP contribution in [0.2, 0.25) is 5.02 Å². The van der Waals surface area contributed by atoms with Crippen molar-refractivity contribution in [1.29, 1.82) is 0 Å². The van der Waals surface area contributed by atoms with Gasteiger partial charge >= 0.3 is 5.97 Å². The SMILES string of the molecule is O=C(O)c1sccc1CS(=O)(=O)Cc1ccc(Cl)cc1. The maximum atomic E-state index is 12.1. The molecule has 4 nitrogen and oxygen atoms in total. The number of aromatic carboxylic acids is 1. The molecule has 1 N–H and O–H groups in total. The molecule has 1 aromatic carbocycles. The summed E-state index contributed by atoms with van der Waals surface area (Å²) in [5.41, 5.74) is 0.956. The lowest BCUT2D eigenvalue weighted by Gasteiger charge is -2.05. The van der Waals surface area contributed by atoms with Crippen LogP contribution in [0.3, 0.4) is 0 Å². The third-order valence-electron chi connectivity index (χ3n) is 2.62. The summed E-state index contributed by atoms with van der Waals surface area (Å²) in [4.78, 5) is 11.0. The molecule has 0 aliphatic carbocycles. The fourth-order valence-electron chi connectivity index (χ4n) is 1.76. The Bertz CT molecular complexity index is 717. The van der Waals surface area contributed by atoms with Crippen LogP contribution in [0.4, 0.5) is 0 Å². The topological polar surface area (TPSA) is 71.4 Å². The van der Waals surface area contributed by atoms with E-state index in [0.717, 1.165) is 11.3 Å². The molecule has 2 rings (SSSR count). The summed E-state index contributed by atoms with van der Waals surface area (Å²) in [6, 6.07) is 8.07. The number of rotatable bonds is 5. The van der Waals surface area contributed by atoms with Gasteiger partial charge in [0.05, 0.1) is 11.5 Å². The zero-order valence-corrected chi connectivity index (χ0v) is 12.6. The Labute approximate surface area is 125 Å². The van der Waals surface area contributed by atoms with Crippen LogP contribution in [-0.2, 0) is 21.3 Å². The van der Waals surface area contributed by atoms with E-state index in [0.29, 0.717) is 16.1 Å². The van der Waals surface area contributed by atoms with Gasteiger partial charge < -0.3 is 5.11 Å². The molecule has 0 unspecified atom stereocenters. The highest BCUT2D eigenvalue weighted by Crippen LogP contribution is 2.21. The van der Waals surface area contributed by atoms with E-state index in [9.17, 15) is 13.2 Å². The lowest BCUT2D eigenvalue weighted by molar-refractivity contribution is 0.0701. The Morgan fingerprint density at radius 2 is 1.80 bits per heavy atom. The molecule has 7 heteroatoms. The molecule has 0 aliphatic heterocycles. The van der Waals surface area contributed by atoms with Crippen molar-refractivity contribution in [3.8, 4) is 0 Å². The number of benzene rings is 1. The van der Waals surface area contributed by atoms with E-state index in [1.165, 1.54) is 6.07 Å². The third-order valence-corrected chi connectivity index (χ3v) is 5.34. The normalized spacial score (nSPS) is 11.4. The first-order valence-electron chi connectivity index (χ1n) is 5.62.